The van der Waals surface area contributed by atoms with E-state index in [1.54, 1.807) is 24.3 Å². The summed E-state index contributed by atoms with van der Waals surface area (Å²) in [6.45, 7) is 4.70. The molecule has 0 atom stereocenters. The summed E-state index contributed by atoms with van der Waals surface area (Å²) in [4.78, 5) is 22.7. The Morgan fingerprint density at radius 3 is 2.68 bits per heavy atom. The molecule has 0 radical (unpaired) electrons. The lowest BCUT2D eigenvalue weighted by Gasteiger charge is -2.24. The number of nitrogens with one attached hydrogen (secondary N) is 2. The second kappa shape index (κ2) is 8.58. The average Bonchev–Trinajstić information content (AvgIpc) is 2.69. The predicted octanol–water partition coefficient (Wildman–Crippen LogP) is 3.94. The maximum absolute atomic E-state index is 12.3. The lowest BCUT2D eigenvalue weighted by atomic mass is 10.2. The molecule has 1 amide bonds. The summed E-state index contributed by atoms with van der Waals surface area (Å²) < 4.78 is 0. The van der Waals surface area contributed by atoms with Gasteiger partial charge in [-0.25, -0.2) is 9.97 Å². The number of benzene rings is 2. The van der Waals surface area contributed by atoms with Crippen molar-refractivity contribution in [2.45, 2.75) is 13.8 Å². The minimum absolute atomic E-state index is 0.312. The van der Waals surface area contributed by atoms with E-state index in [9.17, 15) is 4.79 Å². The SMILES string of the molecule is CCN(c1cccc(C)c1)c1ncnc(NNC(=O)c2cccc(Cl)c2)c1N. The maximum atomic E-state index is 12.3. The third-order valence-electron chi connectivity index (χ3n) is 4.13. The Bertz CT molecular complexity index is 994. The first kappa shape index (κ1) is 19.4. The number of carbonyl (C=O) groups is 1. The van der Waals surface area contributed by atoms with E-state index in [2.05, 4.69) is 26.9 Å². The molecular formula is C20H21ClN6O. The molecule has 0 saturated heterocycles. The van der Waals surface area contributed by atoms with E-state index in [0.29, 0.717) is 34.5 Å². The van der Waals surface area contributed by atoms with Crippen LogP contribution >= 0.6 is 11.6 Å². The fourth-order valence-corrected chi connectivity index (χ4v) is 2.96. The number of hydrogen-bond donors (Lipinski definition) is 3. The van der Waals surface area contributed by atoms with Crippen LogP contribution in [0.15, 0.2) is 54.9 Å². The minimum atomic E-state index is -0.354. The normalized spacial score (nSPS) is 10.4. The van der Waals surface area contributed by atoms with Crippen LogP contribution in [0.2, 0.25) is 5.02 Å². The van der Waals surface area contributed by atoms with Gasteiger partial charge in [-0.3, -0.25) is 15.6 Å². The number of halogens is 1. The van der Waals surface area contributed by atoms with Crippen LogP contribution in [0, 0.1) is 6.92 Å². The van der Waals surface area contributed by atoms with Gasteiger partial charge in [0.25, 0.3) is 5.91 Å². The van der Waals surface area contributed by atoms with E-state index in [1.807, 2.05) is 36.9 Å². The molecule has 0 saturated carbocycles. The van der Waals surface area contributed by atoms with Crippen LogP contribution in [0.5, 0.6) is 0 Å². The van der Waals surface area contributed by atoms with Crippen molar-refractivity contribution in [3.63, 3.8) is 0 Å². The van der Waals surface area contributed by atoms with E-state index >= 15 is 0 Å². The molecule has 7 nitrogen and oxygen atoms in total. The number of aryl methyl sites for hydroxylation is 1. The third-order valence-corrected chi connectivity index (χ3v) is 4.36. The van der Waals surface area contributed by atoms with Crippen molar-refractivity contribution in [3.8, 4) is 0 Å². The number of hydrogen-bond acceptors (Lipinski definition) is 6. The molecule has 3 rings (SSSR count). The van der Waals surface area contributed by atoms with Crippen molar-refractivity contribution in [2.75, 3.05) is 22.6 Å². The predicted molar refractivity (Wildman–Crippen MR) is 113 cm³/mol. The van der Waals surface area contributed by atoms with Gasteiger partial charge in [0.2, 0.25) is 0 Å². The molecule has 0 aliphatic rings. The molecule has 0 unspecified atom stereocenters. The molecule has 0 bridgehead atoms. The second-order valence-electron chi connectivity index (χ2n) is 6.13. The number of aromatic nitrogens is 2. The topological polar surface area (TPSA) is 96.2 Å². The van der Waals surface area contributed by atoms with Crippen LogP contribution < -0.4 is 21.5 Å². The number of nitrogens with zero attached hydrogens (tertiary/aromatic N) is 3. The number of amides is 1. The zero-order valence-electron chi connectivity index (χ0n) is 15.6. The molecule has 0 spiro atoms. The quantitative estimate of drug-likeness (QED) is 0.546. The van der Waals surface area contributed by atoms with Gasteiger partial charge >= 0.3 is 0 Å². The molecule has 4 N–H and O–H groups in total. The number of anilines is 4. The summed E-state index contributed by atoms with van der Waals surface area (Å²) in [6.07, 6.45) is 1.40. The van der Waals surface area contributed by atoms with Crippen molar-refractivity contribution in [3.05, 3.63) is 71.0 Å². The van der Waals surface area contributed by atoms with Gasteiger partial charge in [-0.2, -0.15) is 0 Å². The molecule has 3 aromatic rings. The van der Waals surface area contributed by atoms with Crippen LogP contribution in [-0.4, -0.2) is 22.4 Å². The minimum Gasteiger partial charge on any atom is -0.393 e. The lowest BCUT2D eigenvalue weighted by Crippen LogP contribution is -2.30. The summed E-state index contributed by atoms with van der Waals surface area (Å²) in [5.41, 5.74) is 14.5. The molecule has 0 aliphatic heterocycles. The molecule has 1 aromatic heterocycles. The maximum Gasteiger partial charge on any atom is 0.269 e. The fourth-order valence-electron chi connectivity index (χ4n) is 2.77. The molecule has 144 valence electrons. The average molecular weight is 397 g/mol. The van der Waals surface area contributed by atoms with Gasteiger partial charge in [0.15, 0.2) is 11.6 Å². The van der Waals surface area contributed by atoms with E-state index in [0.717, 1.165) is 11.3 Å². The van der Waals surface area contributed by atoms with Gasteiger partial charge in [-0.15, -0.1) is 0 Å². The van der Waals surface area contributed by atoms with Crippen LogP contribution in [0.3, 0.4) is 0 Å². The Morgan fingerprint density at radius 2 is 1.96 bits per heavy atom. The number of nitrogen functional groups attached to an aromatic ring is 1. The van der Waals surface area contributed by atoms with Crippen LogP contribution in [0.25, 0.3) is 0 Å². The van der Waals surface area contributed by atoms with Gasteiger partial charge < -0.3 is 10.6 Å². The van der Waals surface area contributed by atoms with Gasteiger partial charge in [0.1, 0.15) is 12.0 Å². The number of nitrogens with two attached hydrogens (primary N) is 1. The standard InChI is InChI=1S/C20H21ClN6O/c1-3-27(16-9-4-6-13(2)10-16)19-17(22)18(23-12-24-19)25-26-20(28)14-7-5-8-15(21)11-14/h4-12H,3,22H2,1-2H3,(H,26,28)(H,23,24,25). The van der Waals surface area contributed by atoms with Crippen molar-refractivity contribution in [1.82, 2.24) is 15.4 Å². The summed E-state index contributed by atoms with van der Waals surface area (Å²) in [7, 11) is 0. The van der Waals surface area contributed by atoms with Crippen molar-refractivity contribution in [1.29, 1.82) is 0 Å². The first-order chi connectivity index (χ1) is 13.5. The van der Waals surface area contributed by atoms with Crippen LogP contribution in [0.4, 0.5) is 23.0 Å². The Labute approximate surface area is 168 Å². The summed E-state index contributed by atoms with van der Waals surface area (Å²) in [6, 6.07) is 14.7. The molecular weight excluding hydrogens is 376 g/mol. The van der Waals surface area contributed by atoms with Crippen molar-refractivity contribution in [2.24, 2.45) is 0 Å². The fraction of sp³-hybridized carbons (Fsp3) is 0.150. The highest BCUT2D eigenvalue weighted by Crippen LogP contribution is 2.31. The Hall–Kier alpha value is -3.32. The highest BCUT2D eigenvalue weighted by Gasteiger charge is 2.16. The smallest absolute Gasteiger partial charge is 0.269 e. The monoisotopic (exact) mass is 396 g/mol. The van der Waals surface area contributed by atoms with E-state index in [4.69, 9.17) is 17.3 Å². The van der Waals surface area contributed by atoms with E-state index in [1.165, 1.54) is 6.33 Å². The summed E-state index contributed by atoms with van der Waals surface area (Å²) in [5.74, 6) is 0.516. The first-order valence-corrected chi connectivity index (χ1v) is 9.14. The van der Waals surface area contributed by atoms with Crippen LogP contribution in [-0.2, 0) is 0 Å². The van der Waals surface area contributed by atoms with Crippen molar-refractivity contribution < 1.29 is 4.79 Å². The van der Waals surface area contributed by atoms with E-state index in [-0.39, 0.29) is 5.91 Å². The second-order valence-corrected chi connectivity index (χ2v) is 6.57. The summed E-state index contributed by atoms with van der Waals surface area (Å²) >= 11 is 5.93. The molecule has 8 heteroatoms. The highest BCUT2D eigenvalue weighted by atomic mass is 35.5. The number of hydrazine groups is 1. The van der Waals surface area contributed by atoms with Crippen molar-refractivity contribution >= 4 is 40.5 Å². The van der Waals surface area contributed by atoms with Gasteiger partial charge in [-0.1, -0.05) is 29.8 Å². The zero-order chi connectivity index (χ0) is 20.1. The molecule has 0 fully saturated rings. The number of rotatable bonds is 6. The summed E-state index contributed by atoms with van der Waals surface area (Å²) in [5, 5.41) is 0.480. The largest absolute Gasteiger partial charge is 0.393 e. The first-order valence-electron chi connectivity index (χ1n) is 8.76. The van der Waals surface area contributed by atoms with E-state index < -0.39 is 0 Å². The zero-order valence-corrected chi connectivity index (χ0v) is 16.4. The molecule has 1 heterocycles. The Balaban J connectivity index is 1.81. The van der Waals surface area contributed by atoms with Gasteiger partial charge in [0, 0.05) is 22.8 Å². The highest BCUT2D eigenvalue weighted by molar-refractivity contribution is 6.30. The number of carbonyl (C=O) groups excluding carboxylic acids is 1. The Morgan fingerprint density at radius 1 is 1.18 bits per heavy atom. The molecule has 2 aromatic carbocycles. The molecule has 0 aliphatic carbocycles. The van der Waals surface area contributed by atoms with Crippen LogP contribution in [0.1, 0.15) is 22.8 Å². The third kappa shape index (κ3) is 4.32. The molecule has 28 heavy (non-hydrogen) atoms. The van der Waals surface area contributed by atoms with Gasteiger partial charge in [0.05, 0.1) is 0 Å². The lowest BCUT2D eigenvalue weighted by molar-refractivity contribution is 0.0962. The Kier molecular flexibility index (Phi) is 5.96. The van der Waals surface area contributed by atoms with Gasteiger partial charge in [-0.05, 0) is 49.7 Å².